The first-order valence-corrected chi connectivity index (χ1v) is 5.53. The SMILES string of the molecule is Clc1cnccc1CC1CCNCC1. The summed E-state index contributed by atoms with van der Waals surface area (Å²) >= 11 is 6.07. The van der Waals surface area contributed by atoms with Gasteiger partial charge >= 0.3 is 0 Å². The van der Waals surface area contributed by atoms with Gasteiger partial charge in [-0.05, 0) is 49.9 Å². The first kappa shape index (κ1) is 9.94. The molecule has 1 aromatic heterocycles. The van der Waals surface area contributed by atoms with Crippen LogP contribution in [0, 0.1) is 5.92 Å². The van der Waals surface area contributed by atoms with Crippen molar-refractivity contribution >= 4 is 11.6 Å². The molecule has 0 radical (unpaired) electrons. The summed E-state index contributed by atoms with van der Waals surface area (Å²) < 4.78 is 0. The van der Waals surface area contributed by atoms with Gasteiger partial charge in [0.15, 0.2) is 0 Å². The maximum Gasteiger partial charge on any atom is 0.0621 e. The Kier molecular flexibility index (Phi) is 3.38. The highest BCUT2D eigenvalue weighted by atomic mass is 35.5. The summed E-state index contributed by atoms with van der Waals surface area (Å²) in [5.74, 6) is 0.788. The molecular formula is C11H15ClN2. The van der Waals surface area contributed by atoms with Crippen molar-refractivity contribution < 1.29 is 0 Å². The quantitative estimate of drug-likeness (QED) is 0.810. The van der Waals surface area contributed by atoms with Crippen LogP contribution in [-0.2, 0) is 6.42 Å². The average Bonchev–Trinajstić information content (AvgIpc) is 2.23. The summed E-state index contributed by atoms with van der Waals surface area (Å²) in [4.78, 5) is 3.99. The van der Waals surface area contributed by atoms with Crippen LogP contribution < -0.4 is 5.32 Å². The molecule has 1 aliphatic heterocycles. The molecule has 0 unspecified atom stereocenters. The van der Waals surface area contributed by atoms with Crippen LogP contribution in [0.4, 0.5) is 0 Å². The first-order chi connectivity index (χ1) is 6.86. The van der Waals surface area contributed by atoms with Crippen molar-refractivity contribution in [3.8, 4) is 0 Å². The van der Waals surface area contributed by atoms with E-state index in [-0.39, 0.29) is 0 Å². The summed E-state index contributed by atoms with van der Waals surface area (Å²) in [6.45, 7) is 2.29. The Bertz CT molecular complexity index is 295. The zero-order valence-corrected chi connectivity index (χ0v) is 8.93. The molecule has 1 fully saturated rings. The number of hydrogen-bond donors (Lipinski definition) is 1. The lowest BCUT2D eigenvalue weighted by atomic mass is 9.91. The predicted octanol–water partition coefficient (Wildman–Crippen LogP) is 2.28. The Morgan fingerprint density at radius 2 is 2.21 bits per heavy atom. The van der Waals surface area contributed by atoms with Crippen LogP contribution in [0.2, 0.25) is 5.02 Å². The molecule has 1 aromatic rings. The van der Waals surface area contributed by atoms with E-state index in [9.17, 15) is 0 Å². The van der Waals surface area contributed by atoms with E-state index in [1.54, 1.807) is 6.20 Å². The highest BCUT2D eigenvalue weighted by molar-refractivity contribution is 6.31. The van der Waals surface area contributed by atoms with Crippen LogP contribution >= 0.6 is 11.6 Å². The minimum absolute atomic E-state index is 0.788. The van der Waals surface area contributed by atoms with E-state index in [0.29, 0.717) is 0 Å². The fourth-order valence-electron chi connectivity index (χ4n) is 1.97. The van der Waals surface area contributed by atoms with Gasteiger partial charge in [-0.25, -0.2) is 0 Å². The summed E-state index contributed by atoms with van der Waals surface area (Å²) in [6.07, 6.45) is 7.18. The lowest BCUT2D eigenvalue weighted by Crippen LogP contribution is -2.28. The van der Waals surface area contributed by atoms with Gasteiger partial charge in [0.05, 0.1) is 5.02 Å². The smallest absolute Gasteiger partial charge is 0.0621 e. The van der Waals surface area contributed by atoms with Gasteiger partial charge in [0, 0.05) is 12.4 Å². The Hall–Kier alpha value is -0.600. The molecule has 76 valence electrons. The van der Waals surface area contributed by atoms with Crippen molar-refractivity contribution in [3.05, 3.63) is 29.0 Å². The molecule has 0 saturated carbocycles. The predicted molar refractivity (Wildman–Crippen MR) is 58.5 cm³/mol. The zero-order valence-electron chi connectivity index (χ0n) is 8.17. The second-order valence-electron chi connectivity index (χ2n) is 3.86. The molecule has 0 atom stereocenters. The molecule has 0 spiro atoms. The minimum Gasteiger partial charge on any atom is -0.317 e. The topological polar surface area (TPSA) is 24.9 Å². The largest absolute Gasteiger partial charge is 0.317 e. The molecule has 0 amide bonds. The van der Waals surface area contributed by atoms with Gasteiger partial charge in [0.25, 0.3) is 0 Å². The van der Waals surface area contributed by atoms with Crippen molar-refractivity contribution in [2.24, 2.45) is 5.92 Å². The molecule has 1 N–H and O–H groups in total. The van der Waals surface area contributed by atoms with Gasteiger partial charge in [-0.3, -0.25) is 4.98 Å². The molecule has 0 aliphatic carbocycles. The van der Waals surface area contributed by atoms with Crippen molar-refractivity contribution in [2.45, 2.75) is 19.3 Å². The van der Waals surface area contributed by atoms with E-state index < -0.39 is 0 Å². The number of aromatic nitrogens is 1. The van der Waals surface area contributed by atoms with Crippen molar-refractivity contribution in [3.63, 3.8) is 0 Å². The molecular weight excluding hydrogens is 196 g/mol. The van der Waals surface area contributed by atoms with E-state index in [0.717, 1.165) is 30.5 Å². The molecule has 3 heteroatoms. The molecule has 0 bridgehead atoms. The maximum atomic E-state index is 6.07. The molecule has 1 saturated heterocycles. The van der Waals surface area contributed by atoms with Gasteiger partial charge in [-0.2, -0.15) is 0 Å². The highest BCUT2D eigenvalue weighted by Crippen LogP contribution is 2.22. The van der Waals surface area contributed by atoms with Crippen LogP contribution in [0.25, 0.3) is 0 Å². The van der Waals surface area contributed by atoms with E-state index >= 15 is 0 Å². The van der Waals surface area contributed by atoms with Crippen LogP contribution in [0.5, 0.6) is 0 Å². The molecule has 2 rings (SSSR count). The Balaban J connectivity index is 1.99. The first-order valence-electron chi connectivity index (χ1n) is 5.15. The fourth-order valence-corrected chi connectivity index (χ4v) is 2.16. The van der Waals surface area contributed by atoms with Crippen molar-refractivity contribution in [1.82, 2.24) is 10.3 Å². The van der Waals surface area contributed by atoms with E-state index in [2.05, 4.69) is 10.3 Å². The second kappa shape index (κ2) is 4.76. The van der Waals surface area contributed by atoms with Crippen molar-refractivity contribution in [2.75, 3.05) is 13.1 Å². The number of halogens is 1. The Labute approximate surface area is 89.7 Å². The number of nitrogens with one attached hydrogen (secondary N) is 1. The van der Waals surface area contributed by atoms with Crippen LogP contribution in [-0.4, -0.2) is 18.1 Å². The molecule has 2 heterocycles. The van der Waals surface area contributed by atoms with Gasteiger partial charge in [0.1, 0.15) is 0 Å². The molecule has 14 heavy (non-hydrogen) atoms. The summed E-state index contributed by atoms with van der Waals surface area (Å²) in [5.41, 5.74) is 1.24. The third-order valence-corrected chi connectivity index (χ3v) is 3.16. The number of pyridine rings is 1. The van der Waals surface area contributed by atoms with Crippen LogP contribution in [0.1, 0.15) is 18.4 Å². The van der Waals surface area contributed by atoms with E-state index in [1.165, 1.54) is 18.4 Å². The zero-order chi connectivity index (χ0) is 9.80. The number of hydrogen-bond acceptors (Lipinski definition) is 2. The number of piperidine rings is 1. The summed E-state index contributed by atoms with van der Waals surface area (Å²) in [7, 11) is 0. The maximum absolute atomic E-state index is 6.07. The third-order valence-electron chi connectivity index (χ3n) is 2.82. The average molecular weight is 211 g/mol. The van der Waals surface area contributed by atoms with Crippen molar-refractivity contribution in [1.29, 1.82) is 0 Å². The standard InChI is InChI=1S/C11H15ClN2/c12-11-8-14-6-3-10(11)7-9-1-4-13-5-2-9/h3,6,8-9,13H,1-2,4-5,7H2. The molecule has 2 nitrogen and oxygen atoms in total. The normalized spacial score (nSPS) is 18.4. The van der Waals surface area contributed by atoms with Gasteiger partial charge < -0.3 is 5.32 Å². The molecule has 0 aromatic carbocycles. The summed E-state index contributed by atoms with van der Waals surface area (Å²) in [5, 5.41) is 4.18. The number of nitrogens with zero attached hydrogens (tertiary/aromatic N) is 1. The van der Waals surface area contributed by atoms with Gasteiger partial charge in [-0.15, -0.1) is 0 Å². The van der Waals surface area contributed by atoms with E-state index in [1.807, 2.05) is 12.3 Å². The molecule has 1 aliphatic rings. The van der Waals surface area contributed by atoms with Gasteiger partial charge in [-0.1, -0.05) is 11.6 Å². The Morgan fingerprint density at radius 3 is 2.93 bits per heavy atom. The van der Waals surface area contributed by atoms with Crippen LogP contribution in [0.15, 0.2) is 18.5 Å². The highest BCUT2D eigenvalue weighted by Gasteiger charge is 2.14. The number of rotatable bonds is 2. The van der Waals surface area contributed by atoms with E-state index in [4.69, 9.17) is 11.6 Å². The van der Waals surface area contributed by atoms with Crippen LogP contribution in [0.3, 0.4) is 0 Å². The fraction of sp³-hybridized carbons (Fsp3) is 0.545. The lowest BCUT2D eigenvalue weighted by Gasteiger charge is -2.22. The monoisotopic (exact) mass is 210 g/mol. The second-order valence-corrected chi connectivity index (χ2v) is 4.27. The lowest BCUT2D eigenvalue weighted by molar-refractivity contribution is 0.372. The third kappa shape index (κ3) is 2.46. The Morgan fingerprint density at radius 1 is 1.43 bits per heavy atom. The summed E-state index contributed by atoms with van der Waals surface area (Å²) in [6, 6.07) is 2.03. The van der Waals surface area contributed by atoms with Gasteiger partial charge in [0.2, 0.25) is 0 Å². The minimum atomic E-state index is 0.788.